The maximum atomic E-state index is 10.7. The maximum Gasteiger partial charge on any atom is 0.226 e. The van der Waals surface area contributed by atoms with Crippen molar-refractivity contribution in [2.45, 2.75) is 18.9 Å². The molecule has 0 saturated carbocycles. The van der Waals surface area contributed by atoms with Gasteiger partial charge in [0.15, 0.2) is 0 Å². The zero-order valence-corrected chi connectivity index (χ0v) is 6.06. The van der Waals surface area contributed by atoms with Gasteiger partial charge in [-0.15, -0.1) is 0 Å². The molecule has 2 atom stereocenters. The quantitative estimate of drug-likeness (QED) is 0.383. The van der Waals surface area contributed by atoms with Crippen LogP contribution in [0.5, 0.6) is 0 Å². The Bertz CT molecular complexity index is 148. The topological polar surface area (TPSA) is 37.4 Å². The van der Waals surface area contributed by atoms with Crippen molar-refractivity contribution in [1.29, 1.82) is 0 Å². The van der Waals surface area contributed by atoms with E-state index in [0.717, 1.165) is 6.29 Å². The minimum absolute atomic E-state index is 0.0390. The molecule has 0 spiro atoms. The molecule has 1 heterocycles. The molecule has 1 aliphatic heterocycles. The first-order chi connectivity index (χ1) is 4.25. The largest absolute Gasteiger partial charge is 0.317 e. The summed E-state index contributed by atoms with van der Waals surface area (Å²) in [5.74, 6) is 0.0390. The van der Waals surface area contributed by atoms with Crippen molar-refractivity contribution >= 4 is 21.6 Å². The standard InChI is InChI=1S/C5H8NO2P/c7-3-4-1-2-5(8)6(4)9/h3-4H,1-2,9H2/t4-/m0/s1. The minimum atomic E-state index is -0.192. The summed E-state index contributed by atoms with van der Waals surface area (Å²) in [5.41, 5.74) is 0. The van der Waals surface area contributed by atoms with E-state index in [-0.39, 0.29) is 11.9 Å². The Hall–Kier alpha value is -0.430. The monoisotopic (exact) mass is 145 g/mol. The maximum absolute atomic E-state index is 10.7. The van der Waals surface area contributed by atoms with Crippen molar-refractivity contribution in [3.8, 4) is 0 Å². The molecule has 3 nitrogen and oxygen atoms in total. The second-order valence-corrected chi connectivity index (χ2v) is 2.60. The molecule has 0 aromatic heterocycles. The lowest BCUT2D eigenvalue weighted by Gasteiger charge is -2.11. The van der Waals surface area contributed by atoms with Gasteiger partial charge in [-0.25, -0.2) is 0 Å². The Labute approximate surface area is 55.7 Å². The van der Waals surface area contributed by atoms with Crippen molar-refractivity contribution in [2.75, 3.05) is 0 Å². The number of nitrogens with zero attached hydrogens (tertiary/aromatic N) is 1. The number of rotatable bonds is 1. The van der Waals surface area contributed by atoms with Crippen LogP contribution < -0.4 is 0 Å². The van der Waals surface area contributed by atoms with Crippen LogP contribution in [0.3, 0.4) is 0 Å². The van der Waals surface area contributed by atoms with E-state index in [1.807, 2.05) is 0 Å². The van der Waals surface area contributed by atoms with Crippen LogP contribution in [0.25, 0.3) is 0 Å². The molecule has 1 fully saturated rings. The molecule has 1 aliphatic rings. The predicted molar refractivity (Wildman–Crippen MR) is 35.6 cm³/mol. The molecule has 0 aromatic carbocycles. The van der Waals surface area contributed by atoms with E-state index in [2.05, 4.69) is 9.39 Å². The number of carbonyl (C=O) groups excluding carboxylic acids is 2. The van der Waals surface area contributed by atoms with Gasteiger partial charge in [-0.1, -0.05) is 0 Å². The van der Waals surface area contributed by atoms with Crippen molar-refractivity contribution in [3.05, 3.63) is 0 Å². The smallest absolute Gasteiger partial charge is 0.226 e. The fourth-order valence-electron chi connectivity index (χ4n) is 0.858. The fraction of sp³-hybridized carbons (Fsp3) is 0.600. The van der Waals surface area contributed by atoms with Gasteiger partial charge in [-0.3, -0.25) is 4.79 Å². The fourth-order valence-corrected chi connectivity index (χ4v) is 1.21. The first-order valence-corrected chi connectivity index (χ1v) is 3.29. The van der Waals surface area contributed by atoms with Gasteiger partial charge in [0.25, 0.3) is 0 Å². The van der Waals surface area contributed by atoms with Gasteiger partial charge in [0.1, 0.15) is 6.29 Å². The van der Waals surface area contributed by atoms with Crippen LogP contribution in [-0.4, -0.2) is 22.9 Å². The molecule has 50 valence electrons. The van der Waals surface area contributed by atoms with Gasteiger partial charge in [0, 0.05) is 6.42 Å². The van der Waals surface area contributed by atoms with E-state index in [9.17, 15) is 9.59 Å². The lowest BCUT2D eigenvalue weighted by atomic mass is 10.2. The van der Waals surface area contributed by atoms with Crippen LogP contribution in [-0.2, 0) is 9.59 Å². The molecular weight excluding hydrogens is 137 g/mol. The van der Waals surface area contributed by atoms with E-state index in [4.69, 9.17) is 0 Å². The lowest BCUT2D eigenvalue weighted by molar-refractivity contribution is -0.125. The van der Waals surface area contributed by atoms with Crippen molar-refractivity contribution in [1.82, 2.24) is 4.67 Å². The van der Waals surface area contributed by atoms with Gasteiger partial charge in [-0.2, -0.15) is 0 Å². The lowest BCUT2D eigenvalue weighted by Crippen LogP contribution is -2.23. The average Bonchev–Trinajstić information content (AvgIpc) is 2.15. The first kappa shape index (κ1) is 6.69. The average molecular weight is 145 g/mol. The van der Waals surface area contributed by atoms with Crippen LogP contribution in [0.15, 0.2) is 0 Å². The molecular formula is C5H8NO2P. The Kier molecular flexibility index (Phi) is 1.81. The summed E-state index contributed by atoms with van der Waals surface area (Å²) < 4.78 is 1.41. The molecule has 0 aromatic rings. The van der Waals surface area contributed by atoms with Crippen molar-refractivity contribution in [3.63, 3.8) is 0 Å². The zero-order chi connectivity index (χ0) is 6.85. The second kappa shape index (κ2) is 2.44. The van der Waals surface area contributed by atoms with E-state index in [1.54, 1.807) is 0 Å². The van der Waals surface area contributed by atoms with E-state index >= 15 is 0 Å². The molecule has 1 unspecified atom stereocenters. The summed E-state index contributed by atoms with van der Waals surface area (Å²) in [6.45, 7) is 0. The highest BCUT2D eigenvalue weighted by Crippen LogP contribution is 2.20. The molecule has 1 rings (SSSR count). The number of amides is 1. The van der Waals surface area contributed by atoms with Crippen molar-refractivity contribution in [2.24, 2.45) is 0 Å². The molecule has 9 heavy (non-hydrogen) atoms. The number of hydrogen-bond donors (Lipinski definition) is 0. The normalized spacial score (nSPS) is 27.0. The summed E-state index contributed by atoms with van der Waals surface area (Å²) in [6, 6.07) is -0.192. The van der Waals surface area contributed by atoms with Crippen LogP contribution in [0.4, 0.5) is 0 Å². The third-order valence-corrected chi connectivity index (χ3v) is 2.13. The van der Waals surface area contributed by atoms with Crippen LogP contribution in [0.1, 0.15) is 12.8 Å². The predicted octanol–water partition coefficient (Wildman–Crippen LogP) is -0.0336. The van der Waals surface area contributed by atoms with E-state index < -0.39 is 0 Å². The van der Waals surface area contributed by atoms with E-state index in [0.29, 0.717) is 12.8 Å². The zero-order valence-electron chi connectivity index (χ0n) is 4.91. The van der Waals surface area contributed by atoms with E-state index in [1.165, 1.54) is 4.67 Å². The van der Waals surface area contributed by atoms with Crippen molar-refractivity contribution < 1.29 is 9.59 Å². The molecule has 1 saturated heterocycles. The Morgan fingerprint density at radius 2 is 2.44 bits per heavy atom. The van der Waals surface area contributed by atoms with Crippen LogP contribution >= 0.6 is 9.39 Å². The molecule has 0 bridgehead atoms. The SMILES string of the molecule is O=C[C@@H]1CCC(=O)N1P. The minimum Gasteiger partial charge on any atom is -0.317 e. The molecule has 1 amide bonds. The summed E-state index contributed by atoms with van der Waals surface area (Å²) in [7, 11) is 2.25. The van der Waals surface area contributed by atoms with Gasteiger partial charge in [0.05, 0.1) is 6.04 Å². The number of hydrogen-bond acceptors (Lipinski definition) is 2. The molecule has 0 aliphatic carbocycles. The summed E-state index contributed by atoms with van der Waals surface area (Å²) in [6.07, 6.45) is 1.98. The summed E-state index contributed by atoms with van der Waals surface area (Å²) >= 11 is 0. The molecule has 4 heteroatoms. The van der Waals surface area contributed by atoms with Crippen LogP contribution in [0, 0.1) is 0 Å². The Balaban J connectivity index is 2.61. The van der Waals surface area contributed by atoms with Crippen LogP contribution in [0.2, 0.25) is 0 Å². The van der Waals surface area contributed by atoms with Gasteiger partial charge < -0.3 is 9.46 Å². The van der Waals surface area contributed by atoms with Gasteiger partial charge in [-0.05, 0) is 15.8 Å². The summed E-state index contributed by atoms with van der Waals surface area (Å²) in [5, 5.41) is 0. The highest BCUT2D eigenvalue weighted by molar-refractivity contribution is 7.14. The summed E-state index contributed by atoms with van der Waals surface area (Å²) in [4.78, 5) is 20.8. The molecule has 0 radical (unpaired) electrons. The number of carbonyl (C=O) groups is 2. The Morgan fingerprint density at radius 1 is 1.78 bits per heavy atom. The third-order valence-electron chi connectivity index (χ3n) is 1.46. The first-order valence-electron chi connectivity index (χ1n) is 2.77. The third kappa shape index (κ3) is 1.11. The van der Waals surface area contributed by atoms with Gasteiger partial charge in [0.2, 0.25) is 5.91 Å². The second-order valence-electron chi connectivity index (χ2n) is 2.04. The van der Waals surface area contributed by atoms with Gasteiger partial charge >= 0.3 is 0 Å². The number of aldehydes is 1. The molecule has 0 N–H and O–H groups in total. The Morgan fingerprint density at radius 3 is 2.67 bits per heavy atom. The highest BCUT2D eigenvalue weighted by atomic mass is 31.0. The highest BCUT2D eigenvalue weighted by Gasteiger charge is 2.26.